The molecule has 1 aliphatic heterocycles. The molecule has 27 heavy (non-hydrogen) atoms. The third kappa shape index (κ3) is 6.24. The fraction of sp³-hybridized carbons (Fsp3) is 0.474. The van der Waals surface area contributed by atoms with Gasteiger partial charge < -0.3 is 20.1 Å². The molecule has 2 N–H and O–H groups in total. The van der Waals surface area contributed by atoms with Crippen molar-refractivity contribution in [1.29, 1.82) is 5.26 Å². The minimum Gasteiger partial charge on any atom is -0.462 e. The number of carbonyl (C=O) groups is 1. The lowest BCUT2D eigenvalue weighted by atomic mass is 10.2. The predicted octanol–water partition coefficient (Wildman–Crippen LogP) is 1.13. The first-order valence-corrected chi connectivity index (χ1v) is 8.88. The number of carbonyl (C=O) groups excluding carboxylic acids is 1. The number of benzene rings is 1. The molecule has 1 atom stereocenters. The van der Waals surface area contributed by atoms with Crippen LogP contribution >= 0.6 is 0 Å². The summed E-state index contributed by atoms with van der Waals surface area (Å²) in [5, 5.41) is 15.1. The van der Waals surface area contributed by atoms with Gasteiger partial charge >= 0.3 is 5.97 Å². The molecule has 0 spiro atoms. The zero-order valence-corrected chi connectivity index (χ0v) is 15.6. The number of nitriles is 1. The highest BCUT2D eigenvalue weighted by Crippen LogP contribution is 2.11. The Morgan fingerprint density at radius 2 is 2.19 bits per heavy atom. The molecule has 1 fully saturated rings. The van der Waals surface area contributed by atoms with E-state index in [1.54, 1.807) is 26.1 Å². The van der Waals surface area contributed by atoms with Crippen molar-refractivity contribution in [3.05, 3.63) is 47.0 Å². The normalized spacial score (nSPS) is 18.2. The molecule has 1 aromatic carbocycles. The minimum atomic E-state index is -0.667. The Bertz CT molecular complexity index is 700. The molecule has 0 saturated carbocycles. The average Bonchev–Trinajstić information content (AvgIpc) is 2.67. The first-order valence-electron chi connectivity index (χ1n) is 8.88. The van der Waals surface area contributed by atoms with Gasteiger partial charge in [0.05, 0.1) is 19.3 Å². The van der Waals surface area contributed by atoms with Crippen molar-refractivity contribution in [2.45, 2.75) is 19.6 Å². The summed E-state index contributed by atoms with van der Waals surface area (Å²) in [4.78, 5) is 14.1. The Morgan fingerprint density at radius 1 is 1.44 bits per heavy atom. The molecule has 0 aromatic heterocycles. The summed E-state index contributed by atoms with van der Waals surface area (Å²) in [5.74, 6) is -0.598. The van der Waals surface area contributed by atoms with E-state index in [-0.39, 0.29) is 24.1 Å². The second-order valence-corrected chi connectivity index (χ2v) is 6.07. The molecule has 8 heteroatoms. The number of ether oxygens (including phenoxy) is 2. The van der Waals surface area contributed by atoms with Gasteiger partial charge in [-0.1, -0.05) is 12.1 Å². The van der Waals surface area contributed by atoms with Crippen LogP contribution in [0, 0.1) is 17.1 Å². The van der Waals surface area contributed by atoms with Crippen molar-refractivity contribution < 1.29 is 18.7 Å². The minimum absolute atomic E-state index is 0.0988. The standard InChI is InChI=1S/C19H25FN4O3/c1-3-26-19(25)17(10-21)18(22-2)23-11-16-13-24(8-9-27-16)12-14-4-6-15(20)7-5-14/h4-7,16,22-23H,3,8-9,11-13H2,1-2H3. The van der Waals surface area contributed by atoms with E-state index in [0.29, 0.717) is 32.1 Å². The molecule has 2 rings (SSSR count). The Hall–Kier alpha value is -2.63. The number of nitrogens with zero attached hydrogens (tertiary/aromatic N) is 2. The molecule has 0 aliphatic carbocycles. The molecule has 1 unspecified atom stereocenters. The van der Waals surface area contributed by atoms with Crippen molar-refractivity contribution in [3.8, 4) is 6.07 Å². The van der Waals surface area contributed by atoms with E-state index in [1.807, 2.05) is 6.07 Å². The molecule has 0 amide bonds. The van der Waals surface area contributed by atoms with Crippen LogP contribution in [0.2, 0.25) is 0 Å². The van der Waals surface area contributed by atoms with Gasteiger partial charge in [-0.25, -0.2) is 9.18 Å². The lowest BCUT2D eigenvalue weighted by molar-refractivity contribution is -0.138. The van der Waals surface area contributed by atoms with Gasteiger partial charge in [-0.2, -0.15) is 5.26 Å². The molecular weight excluding hydrogens is 351 g/mol. The van der Waals surface area contributed by atoms with Crippen LogP contribution in [0.3, 0.4) is 0 Å². The summed E-state index contributed by atoms with van der Waals surface area (Å²) < 4.78 is 23.7. The second-order valence-electron chi connectivity index (χ2n) is 6.07. The summed E-state index contributed by atoms with van der Waals surface area (Å²) in [5.41, 5.74) is 0.938. The summed E-state index contributed by atoms with van der Waals surface area (Å²) in [7, 11) is 1.63. The molecular formula is C19H25FN4O3. The Balaban J connectivity index is 1.93. The number of morpholine rings is 1. The van der Waals surface area contributed by atoms with E-state index in [4.69, 9.17) is 9.47 Å². The lowest BCUT2D eigenvalue weighted by Gasteiger charge is -2.33. The Kier molecular flexibility index (Phi) is 8.04. The smallest absolute Gasteiger partial charge is 0.352 e. The maximum Gasteiger partial charge on any atom is 0.352 e. The Morgan fingerprint density at radius 3 is 2.81 bits per heavy atom. The van der Waals surface area contributed by atoms with Crippen LogP contribution in [0.5, 0.6) is 0 Å². The van der Waals surface area contributed by atoms with Crippen LogP contribution in [0.15, 0.2) is 35.7 Å². The summed E-state index contributed by atoms with van der Waals surface area (Å²) in [6.07, 6.45) is -0.107. The van der Waals surface area contributed by atoms with Gasteiger partial charge in [0.1, 0.15) is 17.7 Å². The van der Waals surface area contributed by atoms with Crippen molar-refractivity contribution in [1.82, 2.24) is 15.5 Å². The number of rotatable bonds is 8. The number of hydrogen-bond acceptors (Lipinski definition) is 7. The van der Waals surface area contributed by atoms with Crippen LogP contribution in [-0.2, 0) is 20.8 Å². The molecule has 1 aliphatic rings. The van der Waals surface area contributed by atoms with Gasteiger partial charge in [0.25, 0.3) is 0 Å². The summed E-state index contributed by atoms with van der Waals surface area (Å²) >= 11 is 0. The topological polar surface area (TPSA) is 86.6 Å². The number of hydrogen-bond donors (Lipinski definition) is 2. The fourth-order valence-electron chi connectivity index (χ4n) is 2.82. The van der Waals surface area contributed by atoms with Crippen molar-refractivity contribution >= 4 is 5.97 Å². The summed E-state index contributed by atoms with van der Waals surface area (Å²) in [6.45, 7) is 5.07. The first-order chi connectivity index (χ1) is 13.1. The van der Waals surface area contributed by atoms with Crippen LogP contribution in [-0.4, -0.2) is 56.9 Å². The fourth-order valence-corrected chi connectivity index (χ4v) is 2.82. The lowest BCUT2D eigenvalue weighted by Crippen LogP contribution is -2.47. The van der Waals surface area contributed by atoms with Gasteiger partial charge in [-0.15, -0.1) is 0 Å². The van der Waals surface area contributed by atoms with Gasteiger partial charge in [0.2, 0.25) is 0 Å². The van der Waals surface area contributed by atoms with Crippen molar-refractivity contribution in [3.63, 3.8) is 0 Å². The van der Waals surface area contributed by atoms with Gasteiger partial charge in [0, 0.05) is 33.2 Å². The van der Waals surface area contributed by atoms with E-state index in [1.165, 1.54) is 12.1 Å². The van der Waals surface area contributed by atoms with Gasteiger partial charge in [-0.3, -0.25) is 4.90 Å². The van der Waals surface area contributed by atoms with E-state index in [0.717, 1.165) is 12.1 Å². The maximum atomic E-state index is 13.0. The van der Waals surface area contributed by atoms with Crippen molar-refractivity contribution in [2.24, 2.45) is 0 Å². The average molecular weight is 376 g/mol. The monoisotopic (exact) mass is 376 g/mol. The van der Waals surface area contributed by atoms with E-state index < -0.39 is 5.97 Å². The van der Waals surface area contributed by atoms with Crippen LogP contribution in [0.4, 0.5) is 4.39 Å². The van der Waals surface area contributed by atoms with E-state index in [2.05, 4.69) is 15.5 Å². The third-order valence-corrected chi connectivity index (χ3v) is 4.14. The van der Waals surface area contributed by atoms with Crippen LogP contribution in [0.1, 0.15) is 12.5 Å². The van der Waals surface area contributed by atoms with E-state index >= 15 is 0 Å². The van der Waals surface area contributed by atoms with Crippen LogP contribution in [0.25, 0.3) is 0 Å². The largest absolute Gasteiger partial charge is 0.462 e. The molecule has 1 aromatic rings. The number of esters is 1. The Labute approximate surface area is 158 Å². The SMILES string of the molecule is CCOC(=O)C(C#N)=C(NC)NCC1CN(Cc2ccc(F)cc2)CCO1. The van der Waals surface area contributed by atoms with Crippen LogP contribution < -0.4 is 10.6 Å². The zero-order chi connectivity index (χ0) is 19.6. The van der Waals surface area contributed by atoms with Gasteiger partial charge in [-0.05, 0) is 24.6 Å². The second kappa shape index (κ2) is 10.5. The third-order valence-electron chi connectivity index (χ3n) is 4.14. The van der Waals surface area contributed by atoms with Gasteiger partial charge in [0.15, 0.2) is 5.57 Å². The number of halogens is 1. The summed E-state index contributed by atoms with van der Waals surface area (Å²) in [6, 6.07) is 8.33. The molecule has 7 nitrogen and oxygen atoms in total. The number of nitrogens with one attached hydrogen (secondary N) is 2. The highest BCUT2D eigenvalue weighted by atomic mass is 19.1. The molecule has 1 saturated heterocycles. The molecule has 0 radical (unpaired) electrons. The maximum absolute atomic E-state index is 13.0. The molecule has 0 bridgehead atoms. The highest BCUT2D eigenvalue weighted by molar-refractivity contribution is 5.93. The quantitative estimate of drug-likeness (QED) is 0.400. The predicted molar refractivity (Wildman–Crippen MR) is 97.8 cm³/mol. The molecule has 1 heterocycles. The highest BCUT2D eigenvalue weighted by Gasteiger charge is 2.22. The molecule has 146 valence electrons. The first kappa shape index (κ1) is 20.7. The van der Waals surface area contributed by atoms with E-state index in [9.17, 15) is 14.4 Å². The van der Waals surface area contributed by atoms with Crippen molar-refractivity contribution in [2.75, 3.05) is 39.9 Å². The zero-order valence-electron chi connectivity index (χ0n) is 15.6.